The number of nitrogens with zero attached hydrogens (tertiary/aromatic N) is 2. The minimum absolute atomic E-state index is 0.0359. The Morgan fingerprint density at radius 3 is 2.90 bits per heavy atom. The highest BCUT2D eigenvalue weighted by Crippen LogP contribution is 2.30. The number of fused-ring (bicyclic) bond motifs is 2. The molecule has 0 radical (unpaired) electrons. The fourth-order valence-corrected chi connectivity index (χ4v) is 4.98. The fourth-order valence-electron chi connectivity index (χ4n) is 4.98. The van der Waals surface area contributed by atoms with Gasteiger partial charge in [-0.25, -0.2) is 0 Å². The summed E-state index contributed by atoms with van der Waals surface area (Å²) in [4.78, 5) is 34.8. The van der Waals surface area contributed by atoms with Crippen molar-refractivity contribution in [3.05, 3.63) is 64.6 Å². The number of aryl methyl sites for hydroxylation is 1. The summed E-state index contributed by atoms with van der Waals surface area (Å²) in [6.07, 6.45) is 4.08. The molecule has 6 nitrogen and oxygen atoms in total. The molecule has 1 aliphatic heterocycles. The van der Waals surface area contributed by atoms with Gasteiger partial charge in [0.1, 0.15) is 5.69 Å². The van der Waals surface area contributed by atoms with Gasteiger partial charge in [-0.2, -0.15) is 0 Å². The van der Waals surface area contributed by atoms with E-state index < -0.39 is 6.10 Å². The number of aromatic nitrogens is 2. The summed E-state index contributed by atoms with van der Waals surface area (Å²) >= 11 is 0. The maximum absolute atomic E-state index is 13.2. The SMILES string of the molecule is Cc1c(C(=O)N2C[C@@H](Cc3ccnc4ccccc34)[C@H](O)C2)[nH]c2c1C(=O)CCC2. The van der Waals surface area contributed by atoms with E-state index in [2.05, 4.69) is 9.97 Å². The molecule has 30 heavy (non-hydrogen) atoms. The normalized spacial score (nSPS) is 21.3. The van der Waals surface area contributed by atoms with E-state index in [1.807, 2.05) is 37.3 Å². The number of rotatable bonds is 3. The number of aliphatic hydroxyl groups is 1. The smallest absolute Gasteiger partial charge is 0.270 e. The monoisotopic (exact) mass is 403 g/mol. The van der Waals surface area contributed by atoms with Gasteiger partial charge in [-0.3, -0.25) is 14.6 Å². The van der Waals surface area contributed by atoms with Crippen LogP contribution in [0.1, 0.15) is 50.5 Å². The molecule has 154 valence electrons. The summed E-state index contributed by atoms with van der Waals surface area (Å²) in [6.45, 7) is 2.65. The molecule has 3 heterocycles. The number of likely N-dealkylation sites (tertiary alicyclic amines) is 1. The first-order chi connectivity index (χ1) is 14.5. The molecule has 5 rings (SSSR count). The second-order valence-electron chi connectivity index (χ2n) is 8.48. The molecule has 1 fully saturated rings. The second kappa shape index (κ2) is 7.36. The quantitative estimate of drug-likeness (QED) is 0.704. The van der Waals surface area contributed by atoms with Crippen LogP contribution in [-0.2, 0) is 12.8 Å². The third-order valence-electron chi connectivity index (χ3n) is 6.57. The van der Waals surface area contributed by atoms with E-state index in [4.69, 9.17) is 0 Å². The number of carbonyl (C=O) groups excluding carboxylic acids is 2. The molecule has 1 amide bonds. The molecule has 1 saturated heterocycles. The number of para-hydroxylation sites is 1. The van der Waals surface area contributed by atoms with E-state index in [1.54, 1.807) is 11.1 Å². The number of β-amino-alcohol motifs (C(OH)–C–C–N with tert-alkyl or cyclic N) is 1. The summed E-state index contributed by atoms with van der Waals surface area (Å²) in [6, 6.07) is 9.98. The first-order valence-electron chi connectivity index (χ1n) is 10.6. The third kappa shape index (κ3) is 3.12. The van der Waals surface area contributed by atoms with Crippen molar-refractivity contribution in [1.29, 1.82) is 0 Å². The summed E-state index contributed by atoms with van der Waals surface area (Å²) in [5.74, 6) is -0.0462. The highest BCUT2D eigenvalue weighted by molar-refractivity contribution is 6.04. The van der Waals surface area contributed by atoms with Crippen molar-refractivity contribution in [3.63, 3.8) is 0 Å². The lowest BCUT2D eigenvalue weighted by atomic mass is 9.93. The summed E-state index contributed by atoms with van der Waals surface area (Å²) < 4.78 is 0. The number of carbonyl (C=O) groups is 2. The van der Waals surface area contributed by atoms with E-state index in [0.29, 0.717) is 37.2 Å². The van der Waals surface area contributed by atoms with Crippen molar-refractivity contribution >= 4 is 22.6 Å². The minimum Gasteiger partial charge on any atom is -0.391 e. The van der Waals surface area contributed by atoms with Crippen LogP contribution in [-0.4, -0.2) is 50.9 Å². The van der Waals surface area contributed by atoms with E-state index in [9.17, 15) is 14.7 Å². The number of benzene rings is 1. The van der Waals surface area contributed by atoms with Gasteiger partial charge in [0.05, 0.1) is 11.6 Å². The van der Waals surface area contributed by atoms with Gasteiger partial charge in [0.25, 0.3) is 5.91 Å². The van der Waals surface area contributed by atoms with Gasteiger partial charge < -0.3 is 15.0 Å². The lowest BCUT2D eigenvalue weighted by molar-refractivity contribution is 0.0758. The largest absolute Gasteiger partial charge is 0.391 e. The lowest BCUT2D eigenvalue weighted by Gasteiger charge is -2.16. The zero-order valence-corrected chi connectivity index (χ0v) is 17.0. The van der Waals surface area contributed by atoms with Crippen LogP contribution in [0.3, 0.4) is 0 Å². The van der Waals surface area contributed by atoms with Gasteiger partial charge >= 0.3 is 0 Å². The molecule has 3 aromatic rings. The maximum atomic E-state index is 13.2. The topological polar surface area (TPSA) is 86.3 Å². The first kappa shape index (κ1) is 19.0. The second-order valence-corrected chi connectivity index (χ2v) is 8.48. The van der Waals surface area contributed by atoms with Gasteiger partial charge in [0.2, 0.25) is 0 Å². The Kier molecular flexibility index (Phi) is 4.66. The van der Waals surface area contributed by atoms with Gasteiger partial charge in [-0.1, -0.05) is 18.2 Å². The molecule has 6 heteroatoms. The first-order valence-corrected chi connectivity index (χ1v) is 10.6. The Bertz CT molecular complexity index is 1140. The highest BCUT2D eigenvalue weighted by atomic mass is 16.3. The zero-order valence-electron chi connectivity index (χ0n) is 17.0. The van der Waals surface area contributed by atoms with Gasteiger partial charge in [-0.05, 0) is 49.4 Å². The highest BCUT2D eigenvalue weighted by Gasteiger charge is 2.36. The number of ketones is 1. The number of pyridine rings is 1. The molecular weight excluding hydrogens is 378 g/mol. The summed E-state index contributed by atoms with van der Waals surface area (Å²) in [7, 11) is 0. The third-order valence-corrected chi connectivity index (χ3v) is 6.57. The van der Waals surface area contributed by atoms with E-state index in [-0.39, 0.29) is 17.6 Å². The average Bonchev–Trinajstić information content (AvgIpc) is 3.28. The minimum atomic E-state index is -0.576. The number of nitrogens with one attached hydrogen (secondary N) is 1. The van der Waals surface area contributed by atoms with Crippen molar-refractivity contribution in [2.45, 2.75) is 38.7 Å². The van der Waals surface area contributed by atoms with Crippen LogP contribution in [0.2, 0.25) is 0 Å². The maximum Gasteiger partial charge on any atom is 0.270 e. The molecule has 2 aromatic heterocycles. The van der Waals surface area contributed by atoms with Crippen molar-refractivity contribution < 1.29 is 14.7 Å². The number of hydrogen-bond acceptors (Lipinski definition) is 4. The number of aromatic amines is 1. The van der Waals surface area contributed by atoms with Crippen LogP contribution in [0.4, 0.5) is 0 Å². The summed E-state index contributed by atoms with van der Waals surface area (Å²) in [5.41, 5.74) is 4.90. The van der Waals surface area contributed by atoms with Crippen molar-refractivity contribution in [3.8, 4) is 0 Å². The van der Waals surface area contributed by atoms with E-state index in [1.165, 1.54) is 0 Å². The number of hydrogen-bond donors (Lipinski definition) is 2. The van der Waals surface area contributed by atoms with Crippen molar-refractivity contribution in [2.24, 2.45) is 5.92 Å². The Balaban J connectivity index is 1.37. The number of Topliss-reactive ketones (excluding diaryl/α,β-unsaturated/α-hetero) is 1. The molecule has 1 aliphatic carbocycles. The van der Waals surface area contributed by atoms with E-state index in [0.717, 1.165) is 40.6 Å². The Morgan fingerprint density at radius 1 is 1.23 bits per heavy atom. The fraction of sp³-hybridized carbons (Fsp3) is 0.375. The number of amides is 1. The predicted molar refractivity (Wildman–Crippen MR) is 114 cm³/mol. The average molecular weight is 403 g/mol. The van der Waals surface area contributed by atoms with Crippen molar-refractivity contribution in [1.82, 2.24) is 14.9 Å². The molecule has 0 unspecified atom stereocenters. The van der Waals surface area contributed by atoms with Crippen molar-refractivity contribution in [2.75, 3.05) is 13.1 Å². The summed E-state index contributed by atoms with van der Waals surface area (Å²) in [5, 5.41) is 11.8. The molecule has 2 atom stereocenters. The van der Waals surface area contributed by atoms with Crippen LogP contribution >= 0.6 is 0 Å². The standard InChI is InChI=1S/C24H25N3O3/c1-14-22-19(7-4-8-20(22)28)26-23(14)24(30)27-12-16(21(29)13-27)11-15-9-10-25-18-6-3-2-5-17(15)18/h2-3,5-6,9-10,16,21,26,29H,4,7-8,11-13H2,1H3/t16-,21-/m1/s1. The van der Waals surface area contributed by atoms with Gasteiger partial charge in [0, 0.05) is 48.3 Å². The number of aliphatic hydroxyl groups excluding tert-OH is 1. The molecule has 0 saturated carbocycles. The van der Waals surface area contributed by atoms with E-state index >= 15 is 0 Å². The Hall–Kier alpha value is -2.99. The Labute approximate surface area is 174 Å². The zero-order chi connectivity index (χ0) is 20.8. The molecule has 0 spiro atoms. The predicted octanol–water partition coefficient (Wildman–Crippen LogP) is 3.07. The molecule has 1 aromatic carbocycles. The lowest BCUT2D eigenvalue weighted by Crippen LogP contribution is -2.30. The number of H-pyrrole nitrogens is 1. The van der Waals surface area contributed by atoms with Crippen LogP contribution in [0, 0.1) is 12.8 Å². The van der Waals surface area contributed by atoms with Crippen LogP contribution < -0.4 is 0 Å². The van der Waals surface area contributed by atoms with Crippen LogP contribution in [0.15, 0.2) is 36.5 Å². The molecule has 2 aliphatic rings. The van der Waals surface area contributed by atoms with Crippen LogP contribution in [0.25, 0.3) is 10.9 Å². The van der Waals surface area contributed by atoms with Crippen LogP contribution in [0.5, 0.6) is 0 Å². The van der Waals surface area contributed by atoms with Gasteiger partial charge in [-0.15, -0.1) is 0 Å². The van der Waals surface area contributed by atoms with Gasteiger partial charge in [0.15, 0.2) is 5.78 Å². The Morgan fingerprint density at radius 2 is 2.07 bits per heavy atom. The molecule has 0 bridgehead atoms. The molecular formula is C24H25N3O3. The molecule has 2 N–H and O–H groups in total.